The van der Waals surface area contributed by atoms with E-state index in [1.807, 2.05) is 16.8 Å². The molecule has 1 aromatic heterocycles. The number of aromatic nitrogens is 4. The molecule has 1 saturated heterocycles. The van der Waals surface area contributed by atoms with Crippen molar-refractivity contribution in [3.8, 4) is 0 Å². The summed E-state index contributed by atoms with van der Waals surface area (Å²) in [6.07, 6.45) is 3.81. The largest absolute Gasteiger partial charge is 0.376 e. The average Bonchev–Trinajstić information content (AvgIpc) is 3.53. The number of carbonyl (C=O) groups excluding carboxylic acids is 1. The number of nitrogens with zero attached hydrogens (tertiary/aromatic N) is 5. The predicted molar refractivity (Wildman–Crippen MR) is 127 cm³/mol. The van der Waals surface area contributed by atoms with Gasteiger partial charge in [0.05, 0.1) is 24.6 Å². The summed E-state index contributed by atoms with van der Waals surface area (Å²) in [6.45, 7) is 5.13. The molecule has 3 atom stereocenters. The summed E-state index contributed by atoms with van der Waals surface area (Å²) in [4.78, 5) is 15.9. The highest BCUT2D eigenvalue weighted by Crippen LogP contribution is 2.38. The Morgan fingerprint density at radius 2 is 2.06 bits per heavy atom. The summed E-state index contributed by atoms with van der Waals surface area (Å²) in [7, 11) is 0. The maximum absolute atomic E-state index is 13.5. The molecule has 3 aromatic rings. The van der Waals surface area contributed by atoms with Crippen LogP contribution in [0.1, 0.15) is 47.0 Å². The second-order valence-corrected chi connectivity index (χ2v) is 9.75. The van der Waals surface area contributed by atoms with Crippen LogP contribution in [0.3, 0.4) is 0 Å². The summed E-state index contributed by atoms with van der Waals surface area (Å²) in [5.74, 6) is 0.506. The molecule has 1 amide bonds. The Labute approximate surface area is 199 Å². The van der Waals surface area contributed by atoms with Gasteiger partial charge in [0, 0.05) is 25.4 Å². The van der Waals surface area contributed by atoms with Crippen molar-refractivity contribution in [3.63, 3.8) is 0 Å². The van der Waals surface area contributed by atoms with E-state index in [0.717, 1.165) is 50.5 Å². The summed E-state index contributed by atoms with van der Waals surface area (Å²) >= 11 is 0. The summed E-state index contributed by atoms with van der Waals surface area (Å²) < 4.78 is 7.75. The zero-order chi connectivity index (χ0) is 23.1. The first-order chi connectivity index (χ1) is 16.7. The minimum absolute atomic E-state index is 0.0341. The lowest BCUT2D eigenvalue weighted by atomic mass is 9.84. The van der Waals surface area contributed by atoms with E-state index in [-0.39, 0.29) is 24.0 Å². The monoisotopic (exact) mass is 458 g/mol. The van der Waals surface area contributed by atoms with Crippen molar-refractivity contribution in [1.82, 2.24) is 25.1 Å². The smallest absolute Gasteiger partial charge is 0.229 e. The zero-order valence-electron chi connectivity index (χ0n) is 19.5. The maximum Gasteiger partial charge on any atom is 0.229 e. The second-order valence-electron chi connectivity index (χ2n) is 9.75. The third-order valence-electron chi connectivity index (χ3n) is 7.45. The molecule has 176 valence electrons. The molecule has 1 fully saturated rings. The normalized spacial score (nSPS) is 23.3. The number of carbonyl (C=O) groups is 1. The molecular formula is C26H30N6O2. The van der Waals surface area contributed by atoms with E-state index in [2.05, 4.69) is 63.0 Å². The molecule has 0 saturated carbocycles. The SMILES string of the molecule is Cc1ccc2c(c1)CC(C(c1nnnn1CC1CCCO1)N1CCc3ccccc3C1)C(=O)N2. The highest BCUT2D eigenvalue weighted by Gasteiger charge is 2.41. The fraction of sp³-hybridized carbons (Fsp3) is 0.462. The lowest BCUT2D eigenvalue weighted by Gasteiger charge is -2.40. The summed E-state index contributed by atoms with van der Waals surface area (Å²) in [5.41, 5.74) is 5.97. The first-order valence-corrected chi connectivity index (χ1v) is 12.2. The molecule has 2 aromatic carbocycles. The van der Waals surface area contributed by atoms with Gasteiger partial charge >= 0.3 is 0 Å². The van der Waals surface area contributed by atoms with Crippen LogP contribution in [0.25, 0.3) is 0 Å². The van der Waals surface area contributed by atoms with Crippen molar-refractivity contribution in [2.45, 2.75) is 57.8 Å². The average molecular weight is 459 g/mol. The van der Waals surface area contributed by atoms with Crippen LogP contribution in [-0.4, -0.2) is 50.3 Å². The number of benzene rings is 2. The van der Waals surface area contributed by atoms with Gasteiger partial charge in [0.2, 0.25) is 5.91 Å². The topological polar surface area (TPSA) is 85.2 Å². The Balaban J connectivity index is 1.38. The van der Waals surface area contributed by atoms with Crippen molar-refractivity contribution < 1.29 is 9.53 Å². The fourth-order valence-electron chi connectivity index (χ4n) is 5.71. The van der Waals surface area contributed by atoms with Crippen LogP contribution in [0.15, 0.2) is 42.5 Å². The van der Waals surface area contributed by atoms with E-state index < -0.39 is 0 Å². The van der Waals surface area contributed by atoms with Crippen LogP contribution in [0.5, 0.6) is 0 Å². The van der Waals surface area contributed by atoms with Crippen LogP contribution >= 0.6 is 0 Å². The van der Waals surface area contributed by atoms with Gasteiger partial charge in [-0.3, -0.25) is 9.69 Å². The number of aryl methyl sites for hydroxylation is 1. The van der Waals surface area contributed by atoms with E-state index in [1.165, 1.54) is 22.3 Å². The number of hydrogen-bond acceptors (Lipinski definition) is 6. The van der Waals surface area contributed by atoms with E-state index in [1.54, 1.807) is 0 Å². The Morgan fingerprint density at radius 1 is 1.18 bits per heavy atom. The molecule has 0 bridgehead atoms. The van der Waals surface area contributed by atoms with Gasteiger partial charge in [0.1, 0.15) is 0 Å². The first-order valence-electron chi connectivity index (χ1n) is 12.2. The van der Waals surface area contributed by atoms with E-state index >= 15 is 0 Å². The Bertz CT molecular complexity index is 1200. The Hall–Kier alpha value is -3.10. The predicted octanol–water partition coefficient (Wildman–Crippen LogP) is 3.07. The molecule has 0 aliphatic carbocycles. The quantitative estimate of drug-likeness (QED) is 0.633. The van der Waals surface area contributed by atoms with Gasteiger partial charge in [0.25, 0.3) is 0 Å². The molecular weight excluding hydrogens is 428 g/mol. The van der Waals surface area contributed by atoms with Gasteiger partial charge < -0.3 is 10.1 Å². The number of fused-ring (bicyclic) bond motifs is 2. The highest BCUT2D eigenvalue weighted by molar-refractivity contribution is 5.96. The third kappa shape index (κ3) is 4.01. The standard InChI is InChI=1S/C26H30N6O2/c1-17-8-9-23-20(13-17)14-22(26(33)27-23)24(31-11-10-18-5-2-3-6-19(18)15-31)25-28-29-30-32(25)16-21-7-4-12-34-21/h2-3,5-6,8-9,13,21-22,24H,4,7,10-12,14-16H2,1H3,(H,27,33). The van der Waals surface area contributed by atoms with Gasteiger partial charge in [-0.15, -0.1) is 5.10 Å². The van der Waals surface area contributed by atoms with Crippen molar-refractivity contribution in [3.05, 3.63) is 70.5 Å². The molecule has 0 spiro atoms. The van der Waals surface area contributed by atoms with Gasteiger partial charge in [0.15, 0.2) is 5.82 Å². The zero-order valence-corrected chi connectivity index (χ0v) is 19.5. The molecule has 34 heavy (non-hydrogen) atoms. The van der Waals surface area contributed by atoms with Gasteiger partial charge in [-0.2, -0.15) is 0 Å². The number of tetrazole rings is 1. The number of hydrogen-bond donors (Lipinski definition) is 1. The lowest BCUT2D eigenvalue weighted by molar-refractivity contribution is -0.123. The van der Waals surface area contributed by atoms with Crippen LogP contribution in [0.4, 0.5) is 5.69 Å². The molecule has 3 unspecified atom stereocenters. The van der Waals surface area contributed by atoms with E-state index in [4.69, 9.17) is 4.74 Å². The van der Waals surface area contributed by atoms with Crippen LogP contribution < -0.4 is 5.32 Å². The molecule has 8 nitrogen and oxygen atoms in total. The first kappa shape index (κ1) is 21.4. The number of ether oxygens (including phenoxy) is 1. The molecule has 6 rings (SSSR count). The third-order valence-corrected chi connectivity index (χ3v) is 7.45. The molecule has 0 radical (unpaired) electrons. The highest BCUT2D eigenvalue weighted by atomic mass is 16.5. The Kier molecular flexibility index (Phi) is 5.63. The maximum atomic E-state index is 13.5. The van der Waals surface area contributed by atoms with Crippen LogP contribution in [-0.2, 0) is 35.5 Å². The van der Waals surface area contributed by atoms with Gasteiger partial charge in [-0.05, 0) is 65.8 Å². The van der Waals surface area contributed by atoms with Crippen molar-refractivity contribution in [1.29, 1.82) is 0 Å². The Morgan fingerprint density at radius 3 is 2.91 bits per heavy atom. The van der Waals surface area contributed by atoms with Crippen LogP contribution in [0, 0.1) is 12.8 Å². The second kappa shape index (κ2) is 8.92. The number of nitrogens with one attached hydrogen (secondary N) is 1. The van der Waals surface area contributed by atoms with Gasteiger partial charge in [-0.1, -0.05) is 42.0 Å². The van der Waals surface area contributed by atoms with Gasteiger partial charge in [-0.25, -0.2) is 4.68 Å². The van der Waals surface area contributed by atoms with Crippen molar-refractivity contribution in [2.24, 2.45) is 5.92 Å². The lowest BCUT2D eigenvalue weighted by Crippen LogP contribution is -2.45. The van der Waals surface area contributed by atoms with Crippen molar-refractivity contribution in [2.75, 3.05) is 18.5 Å². The molecule has 1 N–H and O–H groups in total. The molecule has 3 aliphatic rings. The molecule has 3 aliphatic heterocycles. The summed E-state index contributed by atoms with van der Waals surface area (Å²) in [5, 5.41) is 16.0. The minimum atomic E-state index is -0.284. The van der Waals surface area contributed by atoms with Crippen LogP contribution in [0.2, 0.25) is 0 Å². The van der Waals surface area contributed by atoms with E-state index in [9.17, 15) is 4.79 Å². The number of rotatable bonds is 5. The summed E-state index contributed by atoms with van der Waals surface area (Å²) in [6, 6.07) is 14.6. The van der Waals surface area contributed by atoms with Crippen molar-refractivity contribution >= 4 is 11.6 Å². The minimum Gasteiger partial charge on any atom is -0.376 e. The number of amides is 1. The molecule has 8 heteroatoms. The number of anilines is 1. The van der Waals surface area contributed by atoms with E-state index in [0.29, 0.717) is 13.0 Å². The fourth-order valence-corrected chi connectivity index (χ4v) is 5.71. The molecule has 4 heterocycles.